The molecule has 0 aromatic heterocycles. The Balaban J connectivity index is 1.32. The van der Waals surface area contributed by atoms with Gasteiger partial charge in [0.05, 0.1) is 19.9 Å². The molecule has 0 unspecified atom stereocenters. The molecule has 5 rings (SSSR count). The van der Waals surface area contributed by atoms with Crippen molar-refractivity contribution in [3.8, 4) is 11.5 Å². The van der Waals surface area contributed by atoms with E-state index in [0.717, 1.165) is 53.0 Å². The van der Waals surface area contributed by atoms with E-state index in [-0.39, 0.29) is 12.6 Å². The molecule has 0 radical (unpaired) electrons. The number of ether oxygens (including phenoxy) is 3. The maximum Gasteiger partial charge on any atom is 0.325 e. The minimum Gasteiger partial charge on any atom is -0.497 e. The van der Waals surface area contributed by atoms with Crippen molar-refractivity contribution in [1.82, 2.24) is 15.8 Å². The summed E-state index contributed by atoms with van der Waals surface area (Å²) in [5, 5.41) is 4.06. The molecule has 0 fully saturated rings. The van der Waals surface area contributed by atoms with E-state index in [0.29, 0.717) is 11.3 Å². The van der Waals surface area contributed by atoms with Gasteiger partial charge in [-0.2, -0.15) is 0 Å². The molecule has 216 valence electrons. The number of hydrogen-bond donors (Lipinski definition) is 2. The van der Waals surface area contributed by atoms with Gasteiger partial charge in [0.15, 0.2) is 6.61 Å². The van der Waals surface area contributed by atoms with E-state index in [4.69, 9.17) is 14.2 Å². The number of rotatable bonds is 9. The molecule has 2 amide bonds. The Kier molecular flexibility index (Phi) is 8.87. The number of hydrogen-bond acceptors (Lipinski definition) is 7. The van der Waals surface area contributed by atoms with Gasteiger partial charge in [0.1, 0.15) is 24.1 Å². The lowest BCUT2D eigenvalue weighted by molar-refractivity contribution is -0.152. The molecule has 0 saturated carbocycles. The van der Waals surface area contributed by atoms with Gasteiger partial charge in [0, 0.05) is 5.56 Å². The summed E-state index contributed by atoms with van der Waals surface area (Å²) in [6, 6.07) is 23.6. The fourth-order valence-electron chi connectivity index (χ4n) is 5.18. The van der Waals surface area contributed by atoms with E-state index >= 15 is 0 Å². The predicted octanol–water partition coefficient (Wildman–Crippen LogP) is 4.59. The van der Waals surface area contributed by atoms with E-state index in [1.54, 1.807) is 44.6 Å². The molecule has 0 bridgehead atoms. The molecule has 1 atom stereocenters. The highest BCUT2D eigenvalue weighted by atomic mass is 16.5. The second kappa shape index (κ2) is 13.1. The summed E-state index contributed by atoms with van der Waals surface area (Å²) >= 11 is 0. The summed E-state index contributed by atoms with van der Waals surface area (Å²) in [5.74, 6) is -0.00712. The fourth-order valence-corrected chi connectivity index (χ4v) is 5.18. The van der Waals surface area contributed by atoms with Crippen molar-refractivity contribution in [3.05, 3.63) is 112 Å². The van der Waals surface area contributed by atoms with E-state index in [1.807, 2.05) is 48.5 Å². The van der Waals surface area contributed by atoms with Crippen molar-refractivity contribution in [3.63, 3.8) is 0 Å². The zero-order valence-corrected chi connectivity index (χ0v) is 23.6. The Bertz CT molecular complexity index is 1500. The van der Waals surface area contributed by atoms with Crippen molar-refractivity contribution in [1.29, 1.82) is 0 Å². The first-order chi connectivity index (χ1) is 20.5. The second-order valence-electron chi connectivity index (χ2n) is 9.96. The molecule has 0 saturated heterocycles. The largest absolute Gasteiger partial charge is 0.497 e. The Morgan fingerprint density at radius 2 is 1.57 bits per heavy atom. The van der Waals surface area contributed by atoms with Crippen LogP contribution in [0.4, 0.5) is 0 Å². The van der Waals surface area contributed by atoms with Gasteiger partial charge in [-0.15, -0.1) is 0 Å². The highest BCUT2D eigenvalue weighted by Gasteiger charge is 2.39. The van der Waals surface area contributed by atoms with Gasteiger partial charge in [0.25, 0.3) is 11.8 Å². The normalized spacial score (nSPS) is 16.9. The van der Waals surface area contributed by atoms with Crippen LogP contribution in [0.5, 0.6) is 11.5 Å². The van der Waals surface area contributed by atoms with Crippen LogP contribution in [0.3, 0.4) is 0 Å². The van der Waals surface area contributed by atoms with Gasteiger partial charge < -0.3 is 19.5 Å². The standard InChI is InChI=1S/C33H33N3O6/c1-40-26-15-11-22(12-16-26)19-25-9-6-10-28-31(25)35-36(32(28)23-13-17-27(41-2)18-14-23)29(37)21-42-30(38)20-34-33(39)24-7-4-3-5-8-24/h3-5,7-8,11-19,32,35H,6,9-10,20-21H2,1-2H3,(H,34,39)/b25-19-/t32-/m1/s1. The van der Waals surface area contributed by atoms with Gasteiger partial charge >= 0.3 is 5.97 Å². The highest BCUT2D eigenvalue weighted by molar-refractivity contribution is 5.96. The smallest absolute Gasteiger partial charge is 0.325 e. The molecule has 3 aromatic rings. The fraction of sp³-hybridized carbons (Fsp3) is 0.242. The SMILES string of the molecule is COc1ccc(/C=C2/CCCC3=C2NN(C(=O)COC(=O)CNC(=O)c2ccccc2)[C@@H]3c2ccc(OC)cc2)cc1. The molecule has 1 aliphatic heterocycles. The average Bonchev–Trinajstić information content (AvgIpc) is 3.44. The number of carbonyl (C=O) groups excluding carboxylic acids is 3. The first-order valence-corrected chi connectivity index (χ1v) is 13.8. The van der Waals surface area contributed by atoms with Gasteiger partial charge in [-0.05, 0) is 84.0 Å². The van der Waals surface area contributed by atoms with Crippen LogP contribution in [0, 0.1) is 0 Å². The average molecular weight is 568 g/mol. The number of methoxy groups -OCH3 is 2. The number of allylic oxidation sites excluding steroid dienone is 1. The number of nitrogens with zero attached hydrogens (tertiary/aromatic N) is 1. The maximum atomic E-state index is 13.5. The number of esters is 1. The number of carbonyl (C=O) groups is 3. The highest BCUT2D eigenvalue weighted by Crippen LogP contribution is 2.44. The number of hydrazine groups is 1. The zero-order chi connectivity index (χ0) is 29.5. The van der Waals surface area contributed by atoms with Crippen LogP contribution >= 0.6 is 0 Å². The maximum absolute atomic E-state index is 13.5. The van der Waals surface area contributed by atoms with E-state index in [2.05, 4.69) is 16.8 Å². The number of benzene rings is 3. The molecule has 2 N–H and O–H groups in total. The van der Waals surface area contributed by atoms with E-state index in [9.17, 15) is 14.4 Å². The quantitative estimate of drug-likeness (QED) is 0.365. The Morgan fingerprint density at radius 1 is 0.905 bits per heavy atom. The summed E-state index contributed by atoms with van der Waals surface area (Å²) < 4.78 is 15.9. The van der Waals surface area contributed by atoms with Crippen LogP contribution in [0.1, 0.15) is 46.8 Å². The lowest BCUT2D eigenvalue weighted by Gasteiger charge is -2.27. The van der Waals surface area contributed by atoms with Crippen LogP contribution in [0.2, 0.25) is 0 Å². The molecule has 1 aliphatic carbocycles. The molecule has 9 nitrogen and oxygen atoms in total. The van der Waals surface area contributed by atoms with Crippen LogP contribution in [-0.4, -0.2) is 50.2 Å². The zero-order valence-electron chi connectivity index (χ0n) is 23.6. The van der Waals surface area contributed by atoms with Crippen molar-refractivity contribution in [2.45, 2.75) is 25.3 Å². The van der Waals surface area contributed by atoms with Gasteiger partial charge in [-0.3, -0.25) is 19.8 Å². The second-order valence-corrected chi connectivity index (χ2v) is 9.96. The van der Waals surface area contributed by atoms with Gasteiger partial charge in [0.2, 0.25) is 0 Å². The first-order valence-electron chi connectivity index (χ1n) is 13.8. The van der Waals surface area contributed by atoms with E-state index < -0.39 is 24.4 Å². The van der Waals surface area contributed by atoms with Crippen LogP contribution in [0.25, 0.3) is 6.08 Å². The topological polar surface area (TPSA) is 106 Å². The summed E-state index contributed by atoms with van der Waals surface area (Å²) in [5.41, 5.74) is 8.81. The minimum absolute atomic E-state index is 0.347. The van der Waals surface area contributed by atoms with Crippen molar-refractivity contribution in [2.24, 2.45) is 0 Å². The van der Waals surface area contributed by atoms with E-state index in [1.165, 1.54) is 5.01 Å². The summed E-state index contributed by atoms with van der Waals surface area (Å²) in [4.78, 5) is 38.2. The monoisotopic (exact) mass is 567 g/mol. The number of nitrogens with one attached hydrogen (secondary N) is 2. The van der Waals surface area contributed by atoms with Crippen LogP contribution in [0.15, 0.2) is 95.7 Å². The molecular weight excluding hydrogens is 534 g/mol. The molecule has 2 aliphatic rings. The molecule has 9 heteroatoms. The van der Waals surface area contributed by atoms with Crippen molar-refractivity contribution in [2.75, 3.05) is 27.4 Å². The van der Waals surface area contributed by atoms with Crippen LogP contribution in [-0.2, 0) is 14.3 Å². The number of amides is 2. The Labute approximate surface area is 244 Å². The molecular formula is C33H33N3O6. The third-order valence-electron chi connectivity index (χ3n) is 7.30. The minimum atomic E-state index is -0.703. The third-order valence-corrected chi connectivity index (χ3v) is 7.30. The molecule has 1 heterocycles. The molecule has 42 heavy (non-hydrogen) atoms. The lowest BCUT2D eigenvalue weighted by Crippen LogP contribution is -2.43. The molecule has 0 spiro atoms. The Morgan fingerprint density at radius 3 is 2.24 bits per heavy atom. The summed E-state index contributed by atoms with van der Waals surface area (Å²) in [6.07, 6.45) is 4.72. The van der Waals surface area contributed by atoms with Crippen LogP contribution < -0.4 is 20.2 Å². The van der Waals surface area contributed by atoms with Crippen molar-refractivity contribution < 1.29 is 28.6 Å². The molecule has 3 aromatic carbocycles. The van der Waals surface area contributed by atoms with Crippen molar-refractivity contribution >= 4 is 23.9 Å². The lowest BCUT2D eigenvalue weighted by atomic mass is 9.86. The van der Waals surface area contributed by atoms with Gasteiger partial charge in [-0.25, -0.2) is 5.01 Å². The summed E-state index contributed by atoms with van der Waals surface area (Å²) in [7, 11) is 3.24. The Hall–Kier alpha value is -5.05. The van der Waals surface area contributed by atoms with Gasteiger partial charge in [-0.1, -0.05) is 42.5 Å². The predicted molar refractivity (Wildman–Crippen MR) is 157 cm³/mol. The third kappa shape index (κ3) is 6.46. The first kappa shape index (κ1) is 28.5. The summed E-state index contributed by atoms with van der Waals surface area (Å²) in [6.45, 7) is -0.822.